The van der Waals surface area contributed by atoms with Crippen LogP contribution in [0.1, 0.15) is 17.0 Å². The van der Waals surface area contributed by atoms with Crippen molar-refractivity contribution in [1.82, 2.24) is 10.2 Å². The van der Waals surface area contributed by atoms with E-state index in [1.54, 1.807) is 7.11 Å². The highest BCUT2D eigenvalue weighted by Gasteiger charge is 2.20. The molecule has 1 atom stereocenters. The fourth-order valence-electron chi connectivity index (χ4n) is 2.36. The zero-order chi connectivity index (χ0) is 11.5. The predicted octanol–water partition coefficient (Wildman–Crippen LogP) is 1.44. The van der Waals surface area contributed by atoms with E-state index in [-0.39, 0.29) is 0 Å². The molecular weight excluding hydrogens is 200 g/mol. The predicted molar refractivity (Wildman–Crippen MR) is 66.0 cm³/mol. The highest BCUT2D eigenvalue weighted by Crippen LogP contribution is 2.27. The highest BCUT2D eigenvalue weighted by molar-refractivity contribution is 5.39. The fourth-order valence-corrected chi connectivity index (χ4v) is 2.36. The van der Waals surface area contributed by atoms with Crippen molar-refractivity contribution in [3.05, 3.63) is 29.3 Å². The number of hydrogen-bond donors (Lipinski definition) is 1. The molecule has 1 aromatic rings. The molecule has 16 heavy (non-hydrogen) atoms. The quantitative estimate of drug-likeness (QED) is 0.834. The van der Waals surface area contributed by atoms with Crippen molar-refractivity contribution in [3.8, 4) is 5.75 Å². The number of methoxy groups -OCH3 is 1. The minimum absolute atomic E-state index is 0.588. The van der Waals surface area contributed by atoms with Gasteiger partial charge in [-0.3, -0.25) is 0 Å². The van der Waals surface area contributed by atoms with Gasteiger partial charge in [0.05, 0.1) is 7.11 Å². The summed E-state index contributed by atoms with van der Waals surface area (Å²) < 4.78 is 5.26. The Morgan fingerprint density at radius 2 is 2.25 bits per heavy atom. The van der Waals surface area contributed by atoms with Crippen LogP contribution in [0.3, 0.4) is 0 Å². The molecule has 0 aliphatic carbocycles. The number of nitrogens with zero attached hydrogens (tertiary/aromatic N) is 1. The summed E-state index contributed by atoms with van der Waals surface area (Å²) >= 11 is 0. The lowest BCUT2D eigenvalue weighted by atomic mass is 9.90. The van der Waals surface area contributed by atoms with Crippen LogP contribution in [0.2, 0.25) is 0 Å². The molecule has 0 radical (unpaired) electrons. The molecule has 0 aromatic heterocycles. The zero-order valence-electron chi connectivity index (χ0n) is 10.3. The standard InChI is InChI=1S/C13H20N2O/c1-15(2)9-11-8-14-7-10-6-12(16-3)4-5-13(10)11/h4-6,11,14H,7-9H2,1-3H3. The number of rotatable bonds is 3. The summed E-state index contributed by atoms with van der Waals surface area (Å²) in [5, 5.41) is 3.47. The molecule has 0 saturated heterocycles. The van der Waals surface area contributed by atoms with Crippen LogP contribution in [0.25, 0.3) is 0 Å². The number of hydrogen-bond acceptors (Lipinski definition) is 3. The molecule has 3 heteroatoms. The monoisotopic (exact) mass is 220 g/mol. The van der Waals surface area contributed by atoms with Gasteiger partial charge in [-0.1, -0.05) is 6.07 Å². The molecule has 0 spiro atoms. The van der Waals surface area contributed by atoms with Gasteiger partial charge in [0, 0.05) is 25.6 Å². The van der Waals surface area contributed by atoms with Gasteiger partial charge in [-0.05, 0) is 37.4 Å². The number of benzene rings is 1. The van der Waals surface area contributed by atoms with Gasteiger partial charge in [0.15, 0.2) is 0 Å². The Bertz CT molecular complexity index is 363. The Hall–Kier alpha value is -1.06. The first-order valence-electron chi connectivity index (χ1n) is 5.73. The first-order chi connectivity index (χ1) is 7.70. The van der Waals surface area contributed by atoms with Gasteiger partial charge in [-0.2, -0.15) is 0 Å². The maximum absolute atomic E-state index is 5.26. The number of likely N-dealkylation sites (N-methyl/N-ethyl adjacent to an activating group) is 1. The van der Waals surface area contributed by atoms with Gasteiger partial charge in [0.2, 0.25) is 0 Å². The topological polar surface area (TPSA) is 24.5 Å². The number of nitrogens with one attached hydrogen (secondary N) is 1. The molecule has 0 bridgehead atoms. The maximum Gasteiger partial charge on any atom is 0.119 e. The largest absolute Gasteiger partial charge is 0.497 e. The summed E-state index contributed by atoms with van der Waals surface area (Å²) in [7, 11) is 5.96. The van der Waals surface area contributed by atoms with Gasteiger partial charge < -0.3 is 15.0 Å². The van der Waals surface area contributed by atoms with Crippen LogP contribution in [0.15, 0.2) is 18.2 Å². The second-order valence-electron chi connectivity index (χ2n) is 4.65. The van der Waals surface area contributed by atoms with Crippen molar-refractivity contribution in [2.75, 3.05) is 34.3 Å². The summed E-state index contributed by atoms with van der Waals surface area (Å²) in [4.78, 5) is 2.24. The molecule has 0 amide bonds. The van der Waals surface area contributed by atoms with Gasteiger partial charge in [0.25, 0.3) is 0 Å². The van der Waals surface area contributed by atoms with Crippen LogP contribution in [-0.4, -0.2) is 39.2 Å². The van der Waals surface area contributed by atoms with Crippen LogP contribution in [0, 0.1) is 0 Å². The van der Waals surface area contributed by atoms with Gasteiger partial charge in [-0.15, -0.1) is 0 Å². The number of ether oxygens (including phenoxy) is 1. The Morgan fingerprint density at radius 3 is 2.94 bits per heavy atom. The van der Waals surface area contributed by atoms with E-state index in [2.05, 4.69) is 42.5 Å². The van der Waals surface area contributed by atoms with Crippen molar-refractivity contribution in [2.45, 2.75) is 12.5 Å². The van der Waals surface area contributed by atoms with Crippen LogP contribution in [0.5, 0.6) is 5.75 Å². The first kappa shape index (κ1) is 11.4. The second kappa shape index (κ2) is 4.85. The molecule has 1 aliphatic rings. The van der Waals surface area contributed by atoms with E-state index >= 15 is 0 Å². The summed E-state index contributed by atoms with van der Waals surface area (Å²) in [5.41, 5.74) is 2.84. The molecule has 1 N–H and O–H groups in total. The number of fused-ring (bicyclic) bond motifs is 1. The lowest BCUT2D eigenvalue weighted by Crippen LogP contribution is -2.34. The Kier molecular flexibility index (Phi) is 3.46. The van der Waals surface area contributed by atoms with E-state index < -0.39 is 0 Å². The molecule has 2 rings (SSSR count). The lowest BCUT2D eigenvalue weighted by Gasteiger charge is -2.28. The van der Waals surface area contributed by atoms with E-state index in [1.807, 2.05) is 0 Å². The molecular formula is C13H20N2O. The average molecular weight is 220 g/mol. The SMILES string of the molecule is COc1ccc2c(c1)CNCC2CN(C)C. The summed E-state index contributed by atoms with van der Waals surface area (Å²) in [6.45, 7) is 3.11. The van der Waals surface area contributed by atoms with E-state index in [0.29, 0.717) is 5.92 Å². The van der Waals surface area contributed by atoms with Crippen molar-refractivity contribution >= 4 is 0 Å². The minimum Gasteiger partial charge on any atom is -0.497 e. The maximum atomic E-state index is 5.26. The third kappa shape index (κ3) is 2.36. The third-order valence-corrected chi connectivity index (χ3v) is 3.08. The molecule has 1 aliphatic heterocycles. The molecule has 3 nitrogen and oxygen atoms in total. The highest BCUT2D eigenvalue weighted by atomic mass is 16.5. The Morgan fingerprint density at radius 1 is 1.44 bits per heavy atom. The van der Waals surface area contributed by atoms with Crippen LogP contribution < -0.4 is 10.1 Å². The van der Waals surface area contributed by atoms with E-state index in [1.165, 1.54) is 11.1 Å². The minimum atomic E-state index is 0.588. The summed E-state index contributed by atoms with van der Waals surface area (Å²) in [6, 6.07) is 6.42. The first-order valence-corrected chi connectivity index (χ1v) is 5.73. The van der Waals surface area contributed by atoms with Crippen molar-refractivity contribution < 1.29 is 4.74 Å². The van der Waals surface area contributed by atoms with Crippen molar-refractivity contribution in [2.24, 2.45) is 0 Å². The molecule has 88 valence electrons. The van der Waals surface area contributed by atoms with Gasteiger partial charge >= 0.3 is 0 Å². The molecule has 0 fully saturated rings. The van der Waals surface area contributed by atoms with E-state index in [0.717, 1.165) is 25.4 Å². The third-order valence-electron chi connectivity index (χ3n) is 3.08. The van der Waals surface area contributed by atoms with Crippen molar-refractivity contribution in [1.29, 1.82) is 0 Å². The van der Waals surface area contributed by atoms with Gasteiger partial charge in [-0.25, -0.2) is 0 Å². The average Bonchev–Trinajstić information content (AvgIpc) is 2.28. The van der Waals surface area contributed by atoms with E-state index in [9.17, 15) is 0 Å². The smallest absolute Gasteiger partial charge is 0.119 e. The lowest BCUT2D eigenvalue weighted by molar-refractivity contribution is 0.354. The molecule has 0 saturated carbocycles. The zero-order valence-corrected chi connectivity index (χ0v) is 10.3. The Balaban J connectivity index is 2.25. The van der Waals surface area contributed by atoms with Gasteiger partial charge in [0.1, 0.15) is 5.75 Å². The van der Waals surface area contributed by atoms with Crippen LogP contribution >= 0.6 is 0 Å². The molecule has 1 unspecified atom stereocenters. The summed E-state index contributed by atoms with van der Waals surface area (Å²) in [5.74, 6) is 1.54. The Labute approximate surface area is 97.4 Å². The second-order valence-corrected chi connectivity index (χ2v) is 4.65. The molecule has 1 heterocycles. The van der Waals surface area contributed by atoms with E-state index in [4.69, 9.17) is 4.74 Å². The fraction of sp³-hybridized carbons (Fsp3) is 0.538. The summed E-state index contributed by atoms with van der Waals surface area (Å²) in [6.07, 6.45) is 0. The van der Waals surface area contributed by atoms with Crippen LogP contribution in [-0.2, 0) is 6.54 Å². The molecule has 1 aromatic carbocycles. The van der Waals surface area contributed by atoms with Crippen LogP contribution in [0.4, 0.5) is 0 Å². The van der Waals surface area contributed by atoms with Crippen molar-refractivity contribution in [3.63, 3.8) is 0 Å². The normalized spacial score (nSPS) is 19.6.